The number of carbonyl (C=O) groups excluding carboxylic acids is 1. The van der Waals surface area contributed by atoms with Gasteiger partial charge >= 0.3 is 6.09 Å². The van der Waals surface area contributed by atoms with E-state index in [1.54, 1.807) is 23.2 Å². The van der Waals surface area contributed by atoms with E-state index >= 15 is 0 Å². The minimum absolute atomic E-state index is 0.0214. The molecular formula is C20H34N2O4SSi. The van der Waals surface area contributed by atoms with Crippen LogP contribution in [-0.4, -0.2) is 54.2 Å². The molecular weight excluding hydrogens is 392 g/mol. The standard InChI is InChI=1S/C20H34N2O4SSi/c1-18(2,3)26-17(23)22-12-9-10-20(24,16-21-11-13-27-16)15(22)14-25-28(7,8)19(4,5)6/h9-11,13,15,24H,12,14H2,1-8H3/t15-,20?/m1/s1. The third kappa shape index (κ3) is 5.03. The van der Waals surface area contributed by atoms with Crippen LogP contribution in [0.4, 0.5) is 4.79 Å². The Morgan fingerprint density at radius 2 is 2.00 bits per heavy atom. The van der Waals surface area contributed by atoms with Crippen LogP contribution < -0.4 is 0 Å². The van der Waals surface area contributed by atoms with Gasteiger partial charge in [0.1, 0.15) is 10.6 Å². The van der Waals surface area contributed by atoms with Crippen molar-refractivity contribution in [2.24, 2.45) is 0 Å². The molecule has 1 aliphatic rings. The molecule has 2 heterocycles. The van der Waals surface area contributed by atoms with Gasteiger partial charge in [0.15, 0.2) is 13.9 Å². The lowest BCUT2D eigenvalue weighted by atomic mass is 9.90. The van der Waals surface area contributed by atoms with Crippen molar-refractivity contribution in [2.45, 2.75) is 76.9 Å². The molecule has 1 unspecified atom stereocenters. The molecule has 0 radical (unpaired) electrons. The van der Waals surface area contributed by atoms with Gasteiger partial charge in [0.05, 0.1) is 12.6 Å². The molecule has 158 valence electrons. The van der Waals surface area contributed by atoms with E-state index in [0.717, 1.165) is 0 Å². The lowest BCUT2D eigenvalue weighted by Gasteiger charge is -2.45. The number of carbonyl (C=O) groups is 1. The number of aromatic nitrogens is 1. The van der Waals surface area contributed by atoms with E-state index in [1.807, 2.05) is 26.2 Å². The summed E-state index contributed by atoms with van der Waals surface area (Å²) in [6, 6.07) is -0.618. The Morgan fingerprint density at radius 3 is 2.50 bits per heavy atom. The number of aliphatic hydroxyl groups is 1. The normalized spacial score (nSPS) is 23.8. The topological polar surface area (TPSA) is 71.9 Å². The van der Waals surface area contributed by atoms with Crippen LogP contribution in [-0.2, 0) is 14.8 Å². The van der Waals surface area contributed by atoms with E-state index in [1.165, 1.54) is 11.3 Å². The van der Waals surface area contributed by atoms with Crippen molar-refractivity contribution >= 4 is 25.7 Å². The summed E-state index contributed by atoms with van der Waals surface area (Å²) in [4.78, 5) is 18.8. The van der Waals surface area contributed by atoms with Crippen molar-refractivity contribution in [3.05, 3.63) is 28.7 Å². The van der Waals surface area contributed by atoms with Crippen LogP contribution in [0.15, 0.2) is 23.7 Å². The zero-order valence-electron chi connectivity index (χ0n) is 18.3. The first-order valence-corrected chi connectivity index (χ1v) is 13.4. The van der Waals surface area contributed by atoms with Crippen LogP contribution >= 0.6 is 11.3 Å². The van der Waals surface area contributed by atoms with Gasteiger partial charge in [0.25, 0.3) is 0 Å². The molecule has 1 aromatic rings. The van der Waals surface area contributed by atoms with Crippen LogP contribution in [0.25, 0.3) is 0 Å². The van der Waals surface area contributed by atoms with Gasteiger partial charge in [0.2, 0.25) is 0 Å². The van der Waals surface area contributed by atoms with Crippen LogP contribution in [0.5, 0.6) is 0 Å². The summed E-state index contributed by atoms with van der Waals surface area (Å²) in [5.74, 6) is 0. The molecule has 0 aromatic carbocycles. The maximum Gasteiger partial charge on any atom is 0.411 e. The van der Waals surface area contributed by atoms with Gasteiger partial charge < -0.3 is 14.3 Å². The van der Waals surface area contributed by atoms with E-state index in [0.29, 0.717) is 11.6 Å². The number of amides is 1. The molecule has 0 saturated heterocycles. The Kier molecular flexibility index (Phi) is 6.50. The second-order valence-electron chi connectivity index (χ2n) is 9.78. The Hall–Kier alpha value is -1.22. The molecule has 0 saturated carbocycles. The summed E-state index contributed by atoms with van der Waals surface area (Å²) in [5, 5.41) is 13.9. The molecule has 28 heavy (non-hydrogen) atoms. The summed E-state index contributed by atoms with van der Waals surface area (Å²) in [6.07, 6.45) is 4.71. The van der Waals surface area contributed by atoms with Gasteiger partial charge in [0, 0.05) is 18.1 Å². The fraction of sp³-hybridized carbons (Fsp3) is 0.700. The predicted molar refractivity (Wildman–Crippen MR) is 115 cm³/mol. The summed E-state index contributed by atoms with van der Waals surface area (Å²) >= 11 is 1.36. The third-order valence-corrected chi connectivity index (χ3v) is 10.8. The van der Waals surface area contributed by atoms with Gasteiger partial charge in [-0.1, -0.05) is 26.8 Å². The quantitative estimate of drug-likeness (QED) is 0.566. The first-order chi connectivity index (χ1) is 12.7. The number of rotatable bonds is 4. The average Bonchev–Trinajstić information content (AvgIpc) is 3.05. The number of hydrogen-bond donors (Lipinski definition) is 1. The highest BCUT2D eigenvalue weighted by molar-refractivity contribution is 7.09. The van der Waals surface area contributed by atoms with E-state index in [4.69, 9.17) is 9.16 Å². The molecule has 0 fully saturated rings. The van der Waals surface area contributed by atoms with Crippen LogP contribution in [0.1, 0.15) is 46.6 Å². The van der Waals surface area contributed by atoms with Gasteiger partial charge in [-0.2, -0.15) is 0 Å². The van der Waals surface area contributed by atoms with E-state index < -0.39 is 31.7 Å². The molecule has 8 heteroatoms. The molecule has 0 bridgehead atoms. The summed E-state index contributed by atoms with van der Waals surface area (Å²) in [6.45, 7) is 16.9. The Bertz CT molecular complexity index is 707. The highest BCUT2D eigenvalue weighted by Gasteiger charge is 2.48. The van der Waals surface area contributed by atoms with E-state index in [-0.39, 0.29) is 11.6 Å². The Morgan fingerprint density at radius 1 is 1.36 bits per heavy atom. The fourth-order valence-corrected chi connectivity index (χ4v) is 4.47. The van der Waals surface area contributed by atoms with Crippen LogP contribution in [0.2, 0.25) is 18.1 Å². The largest absolute Gasteiger partial charge is 0.444 e. The third-order valence-electron chi connectivity index (χ3n) is 5.37. The van der Waals surface area contributed by atoms with Gasteiger partial charge in [-0.15, -0.1) is 11.3 Å². The molecule has 2 rings (SSSR count). The summed E-state index contributed by atoms with van der Waals surface area (Å²) in [7, 11) is -2.08. The first-order valence-electron chi connectivity index (χ1n) is 9.61. The minimum Gasteiger partial charge on any atom is -0.444 e. The molecule has 1 aliphatic heterocycles. The van der Waals surface area contributed by atoms with Gasteiger partial charge in [-0.3, -0.25) is 4.90 Å². The van der Waals surface area contributed by atoms with Crippen molar-refractivity contribution in [1.29, 1.82) is 0 Å². The van der Waals surface area contributed by atoms with E-state index in [9.17, 15) is 9.90 Å². The number of thiazole rings is 1. The second kappa shape index (κ2) is 7.89. The highest BCUT2D eigenvalue weighted by atomic mass is 32.1. The summed E-state index contributed by atoms with van der Waals surface area (Å²) in [5.41, 5.74) is -2.03. The smallest absolute Gasteiger partial charge is 0.411 e. The molecule has 1 N–H and O–H groups in total. The SMILES string of the molecule is CC(C)(C)OC(=O)N1CC=CC(O)(c2nccs2)[C@H]1CO[Si](C)(C)C(C)(C)C. The molecule has 0 spiro atoms. The molecule has 6 nitrogen and oxygen atoms in total. The minimum atomic E-state index is -2.08. The maximum atomic E-state index is 12.9. The number of ether oxygens (including phenoxy) is 1. The second-order valence-corrected chi connectivity index (χ2v) is 15.5. The van der Waals surface area contributed by atoms with Crippen molar-refractivity contribution in [2.75, 3.05) is 13.2 Å². The fourth-order valence-electron chi connectivity index (χ4n) is 2.70. The Labute approximate surface area is 173 Å². The molecule has 2 atom stereocenters. The van der Waals surface area contributed by atoms with Gasteiger partial charge in [-0.25, -0.2) is 9.78 Å². The number of nitrogens with zero attached hydrogens (tertiary/aromatic N) is 2. The Balaban J connectivity index is 2.37. The molecule has 0 aliphatic carbocycles. The highest BCUT2D eigenvalue weighted by Crippen LogP contribution is 2.39. The van der Waals surface area contributed by atoms with Crippen LogP contribution in [0, 0.1) is 0 Å². The van der Waals surface area contributed by atoms with Crippen molar-refractivity contribution in [3.8, 4) is 0 Å². The zero-order valence-corrected chi connectivity index (χ0v) is 20.1. The lowest BCUT2D eigenvalue weighted by Crippen LogP contribution is -2.59. The predicted octanol–water partition coefficient (Wildman–Crippen LogP) is 4.53. The molecule has 1 amide bonds. The maximum absolute atomic E-state index is 12.9. The van der Waals surface area contributed by atoms with Crippen molar-refractivity contribution in [3.63, 3.8) is 0 Å². The van der Waals surface area contributed by atoms with Gasteiger partial charge in [-0.05, 0) is 45.0 Å². The van der Waals surface area contributed by atoms with Crippen molar-refractivity contribution < 1.29 is 19.1 Å². The first kappa shape index (κ1) is 23.1. The molecule has 1 aromatic heterocycles. The van der Waals surface area contributed by atoms with Crippen molar-refractivity contribution in [1.82, 2.24) is 9.88 Å². The van der Waals surface area contributed by atoms with Crippen LogP contribution in [0.3, 0.4) is 0 Å². The zero-order chi connectivity index (χ0) is 21.4. The van der Waals surface area contributed by atoms with E-state index in [2.05, 4.69) is 38.8 Å². The summed E-state index contributed by atoms with van der Waals surface area (Å²) < 4.78 is 12.0. The number of hydrogen-bond acceptors (Lipinski definition) is 6. The monoisotopic (exact) mass is 426 g/mol. The lowest BCUT2D eigenvalue weighted by molar-refractivity contribution is -0.0523. The average molecular weight is 427 g/mol.